The number of nitrogens with zero attached hydrogens (tertiary/aromatic N) is 2. The van der Waals surface area contributed by atoms with E-state index in [1.807, 2.05) is 18.0 Å². The van der Waals surface area contributed by atoms with Crippen LogP contribution in [0.5, 0.6) is 0 Å². The van der Waals surface area contributed by atoms with Gasteiger partial charge in [-0.25, -0.2) is 0 Å². The van der Waals surface area contributed by atoms with Crippen molar-refractivity contribution in [3.8, 4) is 0 Å². The van der Waals surface area contributed by atoms with Crippen LogP contribution in [0.3, 0.4) is 0 Å². The Kier molecular flexibility index (Phi) is 8.88. The molecule has 1 heterocycles. The monoisotopic (exact) mass is 373 g/mol. The number of carbonyl (C=O) groups excluding carboxylic acids is 1. The first-order valence-corrected chi connectivity index (χ1v) is 8.50. The summed E-state index contributed by atoms with van der Waals surface area (Å²) in [5.74, 6) is 1.04. The number of anilines is 1. The molecule has 0 spiro atoms. The number of amides is 1. The van der Waals surface area contributed by atoms with Gasteiger partial charge >= 0.3 is 0 Å². The van der Waals surface area contributed by atoms with E-state index in [0.29, 0.717) is 12.6 Å². The normalized spacial score (nSPS) is 19.9. The van der Waals surface area contributed by atoms with Crippen molar-refractivity contribution in [1.29, 1.82) is 0 Å². The maximum Gasteiger partial charge on any atom is 0.236 e. The highest BCUT2D eigenvalue weighted by Crippen LogP contribution is 2.27. The Balaban J connectivity index is 0.00000144. The van der Waals surface area contributed by atoms with Crippen LogP contribution in [-0.4, -0.2) is 50.1 Å². The number of halogens is 2. The minimum Gasteiger partial charge on any atom is -0.369 e. The van der Waals surface area contributed by atoms with Gasteiger partial charge in [0.25, 0.3) is 0 Å². The third-order valence-corrected chi connectivity index (χ3v) is 4.87. The van der Waals surface area contributed by atoms with Crippen LogP contribution in [0.25, 0.3) is 0 Å². The minimum atomic E-state index is 0. The van der Waals surface area contributed by atoms with Crippen LogP contribution < -0.4 is 10.2 Å². The van der Waals surface area contributed by atoms with Gasteiger partial charge in [0.1, 0.15) is 0 Å². The van der Waals surface area contributed by atoms with E-state index in [9.17, 15) is 4.79 Å². The number of carbonyl (C=O) groups is 1. The van der Waals surface area contributed by atoms with E-state index in [4.69, 9.17) is 0 Å². The van der Waals surface area contributed by atoms with E-state index in [1.54, 1.807) is 0 Å². The maximum atomic E-state index is 12.3. The Morgan fingerprint density at radius 2 is 1.92 bits per heavy atom. The van der Waals surface area contributed by atoms with E-state index in [1.165, 1.54) is 18.5 Å². The second-order valence-electron chi connectivity index (χ2n) is 6.66. The number of rotatable bonds is 6. The van der Waals surface area contributed by atoms with E-state index in [2.05, 4.69) is 34.5 Å². The van der Waals surface area contributed by atoms with Gasteiger partial charge in [-0.05, 0) is 50.3 Å². The first-order valence-electron chi connectivity index (χ1n) is 8.50. The van der Waals surface area contributed by atoms with Crippen molar-refractivity contribution in [1.82, 2.24) is 10.2 Å². The van der Waals surface area contributed by atoms with E-state index in [-0.39, 0.29) is 30.7 Å². The Morgan fingerprint density at radius 3 is 2.58 bits per heavy atom. The lowest BCUT2D eigenvalue weighted by Crippen LogP contribution is -2.50. The second kappa shape index (κ2) is 10.1. The van der Waals surface area contributed by atoms with Crippen LogP contribution in [0.1, 0.15) is 25.7 Å². The van der Waals surface area contributed by atoms with Gasteiger partial charge in [0.05, 0.1) is 6.54 Å². The molecule has 24 heavy (non-hydrogen) atoms. The summed E-state index contributed by atoms with van der Waals surface area (Å²) in [6, 6.07) is 10.8. The molecule has 0 aromatic heterocycles. The number of likely N-dealkylation sites (N-methyl/N-ethyl adjacent to an activating group) is 1. The fourth-order valence-corrected chi connectivity index (χ4v) is 3.18. The van der Waals surface area contributed by atoms with Gasteiger partial charge < -0.3 is 15.1 Å². The largest absolute Gasteiger partial charge is 0.369 e. The van der Waals surface area contributed by atoms with Crippen molar-refractivity contribution < 1.29 is 4.79 Å². The summed E-state index contributed by atoms with van der Waals surface area (Å²) in [5.41, 5.74) is 1.26. The molecule has 1 saturated carbocycles. The first-order chi connectivity index (χ1) is 10.7. The number of hydrogen-bond acceptors (Lipinski definition) is 3. The second-order valence-corrected chi connectivity index (χ2v) is 6.66. The highest BCUT2D eigenvalue weighted by Gasteiger charge is 2.26. The molecule has 1 unspecified atom stereocenters. The summed E-state index contributed by atoms with van der Waals surface area (Å²) in [4.78, 5) is 16.7. The van der Waals surface area contributed by atoms with Gasteiger partial charge in [-0.15, -0.1) is 24.8 Å². The molecule has 2 aliphatic rings. The zero-order valence-electron chi connectivity index (χ0n) is 14.3. The predicted molar refractivity (Wildman–Crippen MR) is 105 cm³/mol. The summed E-state index contributed by atoms with van der Waals surface area (Å²) in [6.45, 7) is 3.51. The molecule has 1 aliphatic carbocycles. The van der Waals surface area contributed by atoms with Crippen LogP contribution in [-0.2, 0) is 4.79 Å². The van der Waals surface area contributed by atoms with Crippen molar-refractivity contribution in [3.63, 3.8) is 0 Å². The number of nitrogens with one attached hydrogen (secondary N) is 1. The van der Waals surface area contributed by atoms with Gasteiger partial charge in [0.2, 0.25) is 5.91 Å². The molecule has 1 amide bonds. The van der Waals surface area contributed by atoms with Crippen molar-refractivity contribution in [2.24, 2.45) is 5.92 Å². The van der Waals surface area contributed by atoms with Crippen molar-refractivity contribution in [2.45, 2.75) is 31.7 Å². The molecule has 1 saturated heterocycles. The molecule has 0 bridgehead atoms. The molecule has 136 valence electrons. The molecule has 1 aliphatic heterocycles. The Hall–Kier alpha value is -0.970. The molecule has 0 radical (unpaired) electrons. The zero-order valence-corrected chi connectivity index (χ0v) is 16.0. The zero-order chi connectivity index (χ0) is 15.4. The van der Waals surface area contributed by atoms with Gasteiger partial charge in [-0.2, -0.15) is 0 Å². The summed E-state index contributed by atoms with van der Waals surface area (Å²) >= 11 is 0. The summed E-state index contributed by atoms with van der Waals surface area (Å²) < 4.78 is 0. The summed E-state index contributed by atoms with van der Waals surface area (Å²) in [7, 11) is 1.96. The van der Waals surface area contributed by atoms with Crippen molar-refractivity contribution in [2.75, 3.05) is 38.1 Å². The molecular formula is C18H29Cl2N3O. The fourth-order valence-electron chi connectivity index (χ4n) is 3.18. The quantitative estimate of drug-likeness (QED) is 0.832. The smallest absolute Gasteiger partial charge is 0.236 e. The van der Waals surface area contributed by atoms with Crippen LogP contribution >= 0.6 is 24.8 Å². The Morgan fingerprint density at radius 1 is 1.21 bits per heavy atom. The van der Waals surface area contributed by atoms with Gasteiger partial charge in [0.15, 0.2) is 0 Å². The first kappa shape index (κ1) is 21.1. The van der Waals surface area contributed by atoms with Crippen molar-refractivity contribution >= 4 is 36.4 Å². The average molecular weight is 374 g/mol. The Bertz CT molecular complexity index is 496. The number of piperidine rings is 1. The lowest BCUT2D eigenvalue weighted by molar-refractivity contribution is -0.131. The van der Waals surface area contributed by atoms with E-state index in [0.717, 1.165) is 38.4 Å². The third kappa shape index (κ3) is 5.83. The number of benzene rings is 1. The molecule has 1 aromatic carbocycles. The lowest BCUT2D eigenvalue weighted by atomic mass is 10.0. The summed E-state index contributed by atoms with van der Waals surface area (Å²) in [6.07, 6.45) is 4.90. The lowest BCUT2D eigenvalue weighted by Gasteiger charge is -2.39. The third-order valence-electron chi connectivity index (χ3n) is 4.87. The standard InChI is InChI=1S/C18H27N3O.2ClH/c1-20(18(22)13-19-12-15-9-10-15)17-8-5-11-21(14-17)16-6-3-2-4-7-16;;/h2-4,6-7,15,17,19H,5,8-14H2,1H3;2*1H. The van der Waals surface area contributed by atoms with Crippen LogP contribution in [0, 0.1) is 5.92 Å². The number of para-hydroxylation sites is 1. The summed E-state index contributed by atoms with van der Waals surface area (Å²) in [5, 5.41) is 3.31. The molecule has 4 nitrogen and oxygen atoms in total. The molecule has 1 atom stereocenters. The SMILES string of the molecule is CN(C(=O)CNCC1CC1)C1CCCN(c2ccccc2)C1.Cl.Cl. The highest BCUT2D eigenvalue weighted by atomic mass is 35.5. The van der Waals surface area contributed by atoms with Crippen LogP contribution in [0.2, 0.25) is 0 Å². The maximum absolute atomic E-state index is 12.3. The van der Waals surface area contributed by atoms with Crippen LogP contribution in [0.15, 0.2) is 30.3 Å². The van der Waals surface area contributed by atoms with Crippen LogP contribution in [0.4, 0.5) is 5.69 Å². The topological polar surface area (TPSA) is 35.6 Å². The van der Waals surface area contributed by atoms with E-state index >= 15 is 0 Å². The van der Waals surface area contributed by atoms with Gasteiger partial charge in [-0.3, -0.25) is 4.79 Å². The van der Waals surface area contributed by atoms with Gasteiger partial charge in [-0.1, -0.05) is 18.2 Å². The molecule has 3 rings (SSSR count). The molecule has 2 fully saturated rings. The Labute approximate surface area is 157 Å². The number of hydrogen-bond donors (Lipinski definition) is 1. The highest BCUT2D eigenvalue weighted by molar-refractivity contribution is 5.85. The van der Waals surface area contributed by atoms with Crippen molar-refractivity contribution in [3.05, 3.63) is 30.3 Å². The van der Waals surface area contributed by atoms with E-state index < -0.39 is 0 Å². The van der Waals surface area contributed by atoms with Gasteiger partial charge in [0, 0.05) is 31.9 Å². The minimum absolute atomic E-state index is 0. The fraction of sp³-hybridized carbons (Fsp3) is 0.611. The molecule has 1 aromatic rings. The molecule has 1 N–H and O–H groups in total. The molecule has 6 heteroatoms. The molecular weight excluding hydrogens is 345 g/mol. The predicted octanol–water partition coefficient (Wildman–Crippen LogP) is 2.96. The average Bonchev–Trinajstić information content (AvgIpc) is 3.39.